The molecule has 0 unspecified atom stereocenters. The van der Waals surface area contributed by atoms with Crippen molar-refractivity contribution in [2.45, 2.75) is 13.8 Å². The Morgan fingerprint density at radius 1 is 0.931 bits per heavy atom. The van der Waals surface area contributed by atoms with Gasteiger partial charge in [0.1, 0.15) is 10.5 Å². The second-order valence-corrected chi connectivity index (χ2v) is 8.23. The topological polar surface area (TPSA) is 71.4 Å². The van der Waals surface area contributed by atoms with Gasteiger partial charge in [-0.2, -0.15) is 0 Å². The van der Waals surface area contributed by atoms with Crippen molar-refractivity contribution >= 4 is 43.8 Å². The Morgan fingerprint density at radius 3 is 2.31 bits per heavy atom. The number of aryl methyl sites for hydroxylation is 2. The number of rotatable bonds is 2. The van der Waals surface area contributed by atoms with Gasteiger partial charge in [-0.25, -0.2) is 0 Å². The molecule has 29 heavy (non-hydrogen) atoms. The molecule has 0 aliphatic carbocycles. The van der Waals surface area contributed by atoms with Crippen LogP contribution in [0.15, 0.2) is 64.2 Å². The Morgan fingerprint density at radius 2 is 1.59 bits per heavy atom. The van der Waals surface area contributed by atoms with E-state index < -0.39 is 0 Å². The average molecular weight is 400 g/mol. The minimum Gasteiger partial charge on any atom is -0.307 e. The highest BCUT2D eigenvalue weighted by atomic mass is 32.1. The highest BCUT2D eigenvalue weighted by molar-refractivity contribution is 7.18. The standard InChI is InChI=1S/C23H16N2O3S/c1-12-13(2)29-23-17(12)21(27)24-20-18(19(26)14-8-4-3-5-9-14)15-10-6-7-11-16(15)22(28)25(20)23/h3-11H,1-2H3,(H,24,27). The molecule has 0 fully saturated rings. The quantitative estimate of drug-likeness (QED) is 0.357. The van der Waals surface area contributed by atoms with Crippen molar-refractivity contribution in [3.05, 3.63) is 96.9 Å². The number of nitrogens with zero attached hydrogens (tertiary/aromatic N) is 1. The molecule has 5 aromatic rings. The van der Waals surface area contributed by atoms with Crippen molar-refractivity contribution < 1.29 is 4.79 Å². The summed E-state index contributed by atoms with van der Waals surface area (Å²) in [6.07, 6.45) is 0. The van der Waals surface area contributed by atoms with E-state index in [1.54, 1.807) is 48.5 Å². The molecule has 3 heterocycles. The van der Waals surface area contributed by atoms with Crippen LogP contribution in [-0.2, 0) is 0 Å². The normalized spacial score (nSPS) is 11.5. The van der Waals surface area contributed by atoms with Gasteiger partial charge in [0, 0.05) is 21.2 Å². The first-order chi connectivity index (χ1) is 14.0. The van der Waals surface area contributed by atoms with Crippen molar-refractivity contribution in [2.75, 3.05) is 0 Å². The number of aromatic amines is 1. The predicted octanol–water partition coefficient (Wildman–Crippen LogP) is 4.20. The Balaban J connectivity index is 2.07. The summed E-state index contributed by atoms with van der Waals surface area (Å²) in [4.78, 5) is 44.1. The molecule has 0 spiro atoms. The third-order valence-electron chi connectivity index (χ3n) is 5.38. The Hall–Kier alpha value is -3.51. The van der Waals surface area contributed by atoms with Crippen molar-refractivity contribution in [1.82, 2.24) is 9.38 Å². The molecule has 6 heteroatoms. The fraction of sp³-hybridized carbons (Fsp3) is 0.0870. The molecule has 0 saturated carbocycles. The van der Waals surface area contributed by atoms with Crippen LogP contribution in [0.1, 0.15) is 26.4 Å². The van der Waals surface area contributed by atoms with E-state index in [-0.39, 0.29) is 22.5 Å². The van der Waals surface area contributed by atoms with Crippen LogP contribution < -0.4 is 11.1 Å². The lowest BCUT2D eigenvalue weighted by molar-refractivity contribution is 0.104. The van der Waals surface area contributed by atoms with Gasteiger partial charge in [-0.05, 0) is 25.5 Å². The van der Waals surface area contributed by atoms with E-state index in [1.165, 1.54) is 15.7 Å². The van der Waals surface area contributed by atoms with Crippen LogP contribution >= 0.6 is 11.3 Å². The summed E-state index contributed by atoms with van der Waals surface area (Å²) in [6, 6.07) is 15.9. The van der Waals surface area contributed by atoms with Crippen LogP contribution in [0.25, 0.3) is 26.6 Å². The number of carbonyl (C=O) groups is 1. The van der Waals surface area contributed by atoms with Crippen molar-refractivity contribution in [3.63, 3.8) is 0 Å². The van der Waals surface area contributed by atoms with Crippen LogP contribution in [0.4, 0.5) is 0 Å². The molecular formula is C23H16N2O3S. The van der Waals surface area contributed by atoms with Crippen molar-refractivity contribution in [2.24, 2.45) is 0 Å². The van der Waals surface area contributed by atoms with Gasteiger partial charge in [-0.15, -0.1) is 11.3 Å². The smallest absolute Gasteiger partial charge is 0.265 e. The summed E-state index contributed by atoms with van der Waals surface area (Å²) >= 11 is 1.39. The molecule has 5 nitrogen and oxygen atoms in total. The summed E-state index contributed by atoms with van der Waals surface area (Å²) in [5.41, 5.74) is 1.37. The molecule has 0 aliphatic rings. The molecule has 1 N–H and O–H groups in total. The number of nitrogens with one attached hydrogen (secondary N) is 1. The van der Waals surface area contributed by atoms with E-state index in [2.05, 4.69) is 4.98 Å². The highest BCUT2D eigenvalue weighted by Crippen LogP contribution is 2.30. The Bertz CT molecular complexity index is 1570. The maximum atomic E-state index is 13.5. The summed E-state index contributed by atoms with van der Waals surface area (Å²) in [5, 5.41) is 1.48. The zero-order valence-electron chi connectivity index (χ0n) is 15.8. The molecule has 0 saturated heterocycles. The molecule has 0 bridgehead atoms. The summed E-state index contributed by atoms with van der Waals surface area (Å²) in [7, 11) is 0. The average Bonchev–Trinajstić information content (AvgIpc) is 3.03. The minimum absolute atomic E-state index is 0.237. The Labute approximate surface area is 168 Å². The number of ketones is 1. The monoisotopic (exact) mass is 400 g/mol. The third kappa shape index (κ3) is 2.42. The molecular weight excluding hydrogens is 384 g/mol. The van der Waals surface area contributed by atoms with Gasteiger partial charge in [-0.1, -0.05) is 48.5 Å². The number of pyridine rings is 1. The molecule has 3 aromatic heterocycles. The maximum Gasteiger partial charge on any atom is 0.265 e. The van der Waals surface area contributed by atoms with Gasteiger partial charge in [0.15, 0.2) is 5.78 Å². The number of hydrogen-bond donors (Lipinski definition) is 1. The first-order valence-corrected chi connectivity index (χ1v) is 10.00. The van der Waals surface area contributed by atoms with Crippen molar-refractivity contribution in [1.29, 1.82) is 0 Å². The number of benzene rings is 2. The van der Waals surface area contributed by atoms with Crippen LogP contribution in [0.5, 0.6) is 0 Å². The number of thiophene rings is 1. The lowest BCUT2D eigenvalue weighted by atomic mass is 9.98. The van der Waals surface area contributed by atoms with Crippen LogP contribution in [0, 0.1) is 13.8 Å². The van der Waals surface area contributed by atoms with Gasteiger partial charge in [0.05, 0.1) is 10.9 Å². The molecule has 142 valence electrons. The van der Waals surface area contributed by atoms with E-state index in [9.17, 15) is 14.4 Å². The van der Waals surface area contributed by atoms with E-state index in [4.69, 9.17) is 0 Å². The van der Waals surface area contributed by atoms with Gasteiger partial charge in [0.2, 0.25) is 0 Å². The summed E-state index contributed by atoms with van der Waals surface area (Å²) in [5.74, 6) is -0.237. The maximum absolute atomic E-state index is 13.5. The number of carbonyl (C=O) groups excluding carboxylic acids is 1. The summed E-state index contributed by atoms with van der Waals surface area (Å²) in [6.45, 7) is 3.80. The van der Waals surface area contributed by atoms with Gasteiger partial charge in [0.25, 0.3) is 11.1 Å². The fourth-order valence-corrected chi connectivity index (χ4v) is 4.99. The van der Waals surface area contributed by atoms with E-state index in [0.717, 1.165) is 10.4 Å². The fourth-order valence-electron chi connectivity index (χ4n) is 3.83. The van der Waals surface area contributed by atoms with Crippen LogP contribution in [0.3, 0.4) is 0 Å². The third-order valence-corrected chi connectivity index (χ3v) is 6.57. The zero-order valence-corrected chi connectivity index (χ0v) is 16.6. The van der Waals surface area contributed by atoms with Crippen LogP contribution in [0.2, 0.25) is 0 Å². The molecule has 0 amide bonds. The zero-order chi connectivity index (χ0) is 20.3. The lowest BCUT2D eigenvalue weighted by Crippen LogP contribution is -2.23. The first kappa shape index (κ1) is 17.6. The molecule has 5 rings (SSSR count). The van der Waals surface area contributed by atoms with Gasteiger partial charge < -0.3 is 4.98 Å². The molecule has 2 aromatic carbocycles. The van der Waals surface area contributed by atoms with E-state index in [1.807, 2.05) is 19.9 Å². The van der Waals surface area contributed by atoms with E-state index in [0.29, 0.717) is 32.1 Å². The van der Waals surface area contributed by atoms with E-state index >= 15 is 0 Å². The number of fused-ring (bicyclic) bond motifs is 4. The second kappa shape index (κ2) is 6.25. The van der Waals surface area contributed by atoms with Crippen LogP contribution in [-0.4, -0.2) is 15.2 Å². The van der Waals surface area contributed by atoms with Gasteiger partial charge in [-0.3, -0.25) is 18.8 Å². The predicted molar refractivity (Wildman–Crippen MR) is 117 cm³/mol. The minimum atomic E-state index is -0.293. The first-order valence-electron chi connectivity index (χ1n) is 9.18. The SMILES string of the molecule is Cc1sc2c(c1C)c(=O)[nH]c1c(C(=O)c3ccccc3)c3ccccc3c(=O)n12. The number of aromatic nitrogens is 2. The lowest BCUT2D eigenvalue weighted by Gasteiger charge is -2.12. The molecule has 0 atom stereocenters. The largest absolute Gasteiger partial charge is 0.307 e. The highest BCUT2D eigenvalue weighted by Gasteiger charge is 2.23. The molecule has 0 aliphatic heterocycles. The molecule has 0 radical (unpaired) electrons. The Kier molecular flexibility index (Phi) is 3.79. The van der Waals surface area contributed by atoms with Crippen molar-refractivity contribution in [3.8, 4) is 0 Å². The summed E-state index contributed by atoms with van der Waals surface area (Å²) < 4.78 is 1.49. The number of H-pyrrole nitrogens is 1. The second-order valence-electron chi connectivity index (χ2n) is 7.02. The number of hydrogen-bond acceptors (Lipinski definition) is 4. The van der Waals surface area contributed by atoms with Gasteiger partial charge >= 0.3 is 0 Å².